The molecular formula is C22H22ClF3N4O5. The van der Waals surface area contributed by atoms with Crippen LogP contribution in [0.1, 0.15) is 56.2 Å². The molecule has 0 aliphatic heterocycles. The highest BCUT2D eigenvalue weighted by molar-refractivity contribution is 6.31. The van der Waals surface area contributed by atoms with Crippen LogP contribution in [0.25, 0.3) is 11.1 Å². The van der Waals surface area contributed by atoms with Crippen molar-refractivity contribution in [3.63, 3.8) is 0 Å². The number of benzene rings is 1. The van der Waals surface area contributed by atoms with Crippen molar-refractivity contribution in [2.24, 2.45) is 5.92 Å². The average Bonchev–Trinajstić information content (AvgIpc) is 3.41. The zero-order valence-corrected chi connectivity index (χ0v) is 19.1. The van der Waals surface area contributed by atoms with Crippen molar-refractivity contribution in [1.29, 1.82) is 0 Å². The van der Waals surface area contributed by atoms with E-state index in [1.54, 1.807) is 18.2 Å². The van der Waals surface area contributed by atoms with Crippen LogP contribution >= 0.6 is 11.6 Å². The molecular weight excluding hydrogens is 493 g/mol. The van der Waals surface area contributed by atoms with Gasteiger partial charge in [-0.05, 0) is 43.9 Å². The molecule has 9 nitrogen and oxygen atoms in total. The van der Waals surface area contributed by atoms with Gasteiger partial charge in [-0.3, -0.25) is 14.8 Å². The number of carbonyl (C=O) groups excluding carboxylic acids is 1. The number of rotatable bonds is 7. The van der Waals surface area contributed by atoms with Crippen LogP contribution in [0.15, 0.2) is 27.0 Å². The first-order valence-corrected chi connectivity index (χ1v) is 11.6. The van der Waals surface area contributed by atoms with Crippen LogP contribution < -0.4 is 5.32 Å². The van der Waals surface area contributed by atoms with Crippen molar-refractivity contribution in [3.8, 4) is 0 Å². The summed E-state index contributed by atoms with van der Waals surface area (Å²) < 4.78 is 57.2. The molecule has 13 heteroatoms. The molecule has 0 saturated heterocycles. The van der Waals surface area contributed by atoms with E-state index in [2.05, 4.69) is 25.2 Å². The third-order valence-corrected chi connectivity index (χ3v) is 6.54. The molecule has 2 heterocycles. The number of aromatic nitrogens is 3. The van der Waals surface area contributed by atoms with E-state index < -0.39 is 12.5 Å². The average molecular weight is 515 g/mol. The van der Waals surface area contributed by atoms with Crippen LogP contribution in [0.4, 0.5) is 19.2 Å². The molecule has 2 aliphatic carbocycles. The van der Waals surface area contributed by atoms with Crippen LogP contribution in [-0.4, -0.2) is 39.7 Å². The number of hydrogen-bond donors (Lipinski definition) is 1. The Morgan fingerprint density at radius 3 is 2.63 bits per heavy atom. The highest BCUT2D eigenvalue weighted by Crippen LogP contribution is 2.36. The second-order valence-electron chi connectivity index (χ2n) is 8.79. The van der Waals surface area contributed by atoms with E-state index in [4.69, 9.17) is 25.2 Å². The third kappa shape index (κ3) is 5.93. The molecule has 1 amide bonds. The lowest BCUT2D eigenvalue weighted by Crippen LogP contribution is -2.40. The molecule has 2 saturated carbocycles. The Labute approximate surface area is 202 Å². The van der Waals surface area contributed by atoms with E-state index in [0.717, 1.165) is 0 Å². The zero-order valence-electron chi connectivity index (χ0n) is 18.4. The van der Waals surface area contributed by atoms with Crippen LogP contribution in [0.2, 0.25) is 5.02 Å². The minimum atomic E-state index is -4.63. The molecule has 2 aromatic heterocycles. The van der Waals surface area contributed by atoms with Crippen LogP contribution in [-0.2, 0) is 20.9 Å². The molecule has 1 aromatic carbocycles. The first kappa shape index (κ1) is 24.0. The number of fused-ring (bicyclic) bond motifs is 1. The number of ether oxygens (including phenoxy) is 2. The smallest absolute Gasteiger partial charge is 0.423 e. The van der Waals surface area contributed by atoms with Crippen molar-refractivity contribution in [2.75, 3.05) is 5.32 Å². The minimum Gasteiger partial charge on any atom is -0.423 e. The second-order valence-corrected chi connectivity index (χ2v) is 9.23. The standard InChI is InChI=1S/C22H22ClF3N4O5/c23-13-5-6-17-16(7-13)27-21(33-17)28-19(31)11-1-3-12(4-2-11)20-30-29-18(34-20)10-32-14-8-15(9-14)35-22(24,25)26/h5-7,11-12,14-15H,1-4,8-10H2,(H,27,28,31)/t11-,12-,14-,15+. The van der Waals surface area contributed by atoms with Crippen LogP contribution in [0.3, 0.4) is 0 Å². The van der Waals surface area contributed by atoms with E-state index in [1.807, 2.05) is 0 Å². The fraction of sp³-hybridized carbons (Fsp3) is 0.545. The first-order valence-electron chi connectivity index (χ1n) is 11.3. The summed E-state index contributed by atoms with van der Waals surface area (Å²) in [5, 5.41) is 11.3. The van der Waals surface area contributed by atoms with Gasteiger partial charge in [-0.1, -0.05) is 11.6 Å². The van der Waals surface area contributed by atoms with Gasteiger partial charge in [-0.15, -0.1) is 23.4 Å². The van der Waals surface area contributed by atoms with Crippen molar-refractivity contribution >= 4 is 34.6 Å². The quantitative estimate of drug-likeness (QED) is 0.448. The normalized spacial score (nSPS) is 24.9. The molecule has 0 atom stereocenters. The maximum absolute atomic E-state index is 12.7. The maximum Gasteiger partial charge on any atom is 0.522 e. The molecule has 0 bridgehead atoms. The number of anilines is 1. The van der Waals surface area contributed by atoms with Gasteiger partial charge >= 0.3 is 12.4 Å². The number of alkyl halides is 3. The highest BCUT2D eigenvalue weighted by atomic mass is 35.5. The van der Waals surface area contributed by atoms with Crippen molar-refractivity contribution in [1.82, 2.24) is 15.2 Å². The summed E-state index contributed by atoms with van der Waals surface area (Å²) in [7, 11) is 0. The number of amides is 1. The molecule has 0 unspecified atom stereocenters. The van der Waals surface area contributed by atoms with Gasteiger partial charge in [0.05, 0.1) is 12.2 Å². The van der Waals surface area contributed by atoms with Gasteiger partial charge in [0, 0.05) is 29.7 Å². The Kier molecular flexibility index (Phi) is 6.69. The molecule has 0 radical (unpaired) electrons. The van der Waals surface area contributed by atoms with Gasteiger partial charge in [-0.25, -0.2) is 0 Å². The van der Waals surface area contributed by atoms with Gasteiger partial charge in [0.25, 0.3) is 0 Å². The Bertz CT molecular complexity index is 1190. The lowest BCUT2D eigenvalue weighted by molar-refractivity contribution is -0.357. The minimum absolute atomic E-state index is 0.0278. The number of nitrogens with one attached hydrogen (secondary N) is 1. The summed E-state index contributed by atoms with van der Waals surface area (Å²) in [6.07, 6.45) is -2.81. The summed E-state index contributed by atoms with van der Waals surface area (Å²) in [5.41, 5.74) is 1.11. The predicted octanol–water partition coefficient (Wildman–Crippen LogP) is 5.36. The number of hydrogen-bond acceptors (Lipinski definition) is 8. The first-order chi connectivity index (χ1) is 16.7. The van der Waals surface area contributed by atoms with Gasteiger partial charge in [-0.2, -0.15) is 4.98 Å². The van der Waals surface area contributed by atoms with E-state index in [9.17, 15) is 18.0 Å². The summed E-state index contributed by atoms with van der Waals surface area (Å²) in [6, 6.07) is 5.18. The zero-order chi connectivity index (χ0) is 24.6. The van der Waals surface area contributed by atoms with E-state index >= 15 is 0 Å². The second kappa shape index (κ2) is 9.75. The van der Waals surface area contributed by atoms with Gasteiger partial charge < -0.3 is 13.6 Å². The van der Waals surface area contributed by atoms with Crippen molar-refractivity contribution in [3.05, 3.63) is 35.0 Å². The highest BCUT2D eigenvalue weighted by Gasteiger charge is 2.40. The van der Waals surface area contributed by atoms with Gasteiger partial charge in [0.15, 0.2) is 5.58 Å². The van der Waals surface area contributed by atoms with E-state index in [1.165, 1.54) is 0 Å². The fourth-order valence-electron chi connectivity index (χ4n) is 4.38. The molecule has 188 valence electrons. The SMILES string of the molecule is O=C(Nc1nc2cc(Cl)ccc2o1)[C@H]1CC[C@H](c2nnc(CO[C@H]3C[C@@H](OC(F)(F)F)C3)o2)CC1. The monoisotopic (exact) mass is 514 g/mol. The van der Waals surface area contributed by atoms with E-state index in [0.29, 0.717) is 47.7 Å². The van der Waals surface area contributed by atoms with E-state index in [-0.39, 0.29) is 55.2 Å². The number of nitrogens with zero attached hydrogens (tertiary/aromatic N) is 3. The molecule has 1 N–H and O–H groups in total. The van der Waals surface area contributed by atoms with Crippen molar-refractivity contribution in [2.45, 2.75) is 69.6 Å². The van der Waals surface area contributed by atoms with Crippen molar-refractivity contribution < 1.29 is 36.3 Å². The molecule has 35 heavy (non-hydrogen) atoms. The maximum atomic E-state index is 12.7. The number of oxazole rings is 1. The topological polar surface area (TPSA) is 113 Å². The molecule has 2 fully saturated rings. The largest absolute Gasteiger partial charge is 0.522 e. The summed E-state index contributed by atoms with van der Waals surface area (Å²) in [4.78, 5) is 16.9. The van der Waals surface area contributed by atoms with Gasteiger partial charge in [0.1, 0.15) is 12.1 Å². The molecule has 5 rings (SSSR count). The molecule has 3 aromatic rings. The Morgan fingerprint density at radius 1 is 1.11 bits per heavy atom. The van der Waals surface area contributed by atoms with Gasteiger partial charge in [0.2, 0.25) is 17.7 Å². The Balaban J connectivity index is 1.06. The Hall–Kier alpha value is -2.70. The number of carbonyl (C=O) groups is 1. The fourth-order valence-corrected chi connectivity index (χ4v) is 4.55. The number of halogens is 4. The molecule has 2 aliphatic rings. The van der Waals surface area contributed by atoms with Crippen LogP contribution in [0, 0.1) is 5.92 Å². The summed E-state index contributed by atoms with van der Waals surface area (Å²) in [5.74, 6) is 0.427. The molecule has 0 spiro atoms. The predicted molar refractivity (Wildman–Crippen MR) is 115 cm³/mol. The third-order valence-electron chi connectivity index (χ3n) is 6.30. The summed E-state index contributed by atoms with van der Waals surface area (Å²) >= 11 is 5.95. The van der Waals surface area contributed by atoms with Crippen LogP contribution in [0.5, 0.6) is 0 Å². The lowest BCUT2D eigenvalue weighted by atomic mass is 9.81. The lowest BCUT2D eigenvalue weighted by Gasteiger charge is -2.34. The summed E-state index contributed by atoms with van der Waals surface area (Å²) in [6.45, 7) is 0.0316. The Morgan fingerprint density at radius 2 is 1.89 bits per heavy atom.